The summed E-state index contributed by atoms with van der Waals surface area (Å²) >= 11 is 0. The van der Waals surface area contributed by atoms with E-state index in [9.17, 15) is 29.1 Å². The first-order valence-corrected chi connectivity index (χ1v) is 25.8. The SMILES string of the molecule is CCCCCC1(CCCCC)O[C@@H]2[C@H]3ON(Cc4ccc(C=CC(=O)O[C@H]5C(=O)OCC5(C)C)cc4)[C@H]4C(=O)OC(CC34C(=O)N(C)[C@H](Cc3ccccc3)C(=O)N[C@H](CO)CCC(=O)OC(C)(C)C)[C@@H]2O1. The molecule has 2 amide bonds. The van der Waals surface area contributed by atoms with Crippen LogP contribution in [0.4, 0.5) is 0 Å². The number of esters is 4. The van der Waals surface area contributed by atoms with Crippen LogP contribution in [0.3, 0.4) is 0 Å². The van der Waals surface area contributed by atoms with E-state index in [1.54, 1.807) is 59.9 Å². The maximum Gasteiger partial charge on any atom is 0.348 e. The normalized spacial score (nSPS) is 26.8. The predicted molar refractivity (Wildman–Crippen MR) is 263 cm³/mol. The molecule has 1 aliphatic carbocycles. The lowest BCUT2D eigenvalue weighted by Crippen LogP contribution is -2.70. The third kappa shape index (κ3) is 12.2. The number of nitrogens with one attached hydrogen (secondary N) is 1. The Hall–Kier alpha value is -5.20. The van der Waals surface area contributed by atoms with Gasteiger partial charge >= 0.3 is 23.9 Å². The molecule has 4 heterocycles. The molecule has 0 radical (unpaired) electrons. The van der Waals surface area contributed by atoms with Crippen molar-refractivity contribution in [2.75, 3.05) is 20.3 Å². The highest BCUT2D eigenvalue weighted by atomic mass is 16.8. The Morgan fingerprint density at radius 3 is 2.19 bits per heavy atom. The maximum atomic E-state index is 15.9. The average molecular weight is 1000 g/mol. The van der Waals surface area contributed by atoms with E-state index in [0.717, 1.165) is 44.1 Å². The number of hydrogen-bond acceptors (Lipinski definition) is 15. The van der Waals surface area contributed by atoms with Crippen molar-refractivity contribution in [3.8, 4) is 0 Å². The lowest BCUT2D eigenvalue weighted by molar-refractivity contribution is -0.225. The van der Waals surface area contributed by atoms with Gasteiger partial charge in [-0.3, -0.25) is 24.0 Å². The first-order valence-electron chi connectivity index (χ1n) is 25.8. The number of fused-ring (bicyclic) bond motifs is 4. The number of amides is 2. The Kier molecular flexibility index (Phi) is 17.4. The van der Waals surface area contributed by atoms with Crippen molar-refractivity contribution in [2.45, 2.75) is 192 Å². The van der Waals surface area contributed by atoms with Gasteiger partial charge in [0.05, 0.1) is 19.2 Å². The van der Waals surface area contributed by atoms with Crippen LogP contribution >= 0.6 is 0 Å². The van der Waals surface area contributed by atoms with Crippen molar-refractivity contribution in [3.63, 3.8) is 0 Å². The third-order valence-electron chi connectivity index (χ3n) is 14.5. The summed E-state index contributed by atoms with van der Waals surface area (Å²) in [6.45, 7) is 12.9. The molecule has 5 fully saturated rings. The van der Waals surface area contributed by atoms with Gasteiger partial charge in [-0.1, -0.05) is 108 Å². The Morgan fingerprint density at radius 1 is 0.917 bits per heavy atom. The van der Waals surface area contributed by atoms with Gasteiger partial charge in [0.25, 0.3) is 0 Å². The second kappa shape index (κ2) is 22.9. The van der Waals surface area contributed by atoms with Crippen LogP contribution in [0.1, 0.15) is 136 Å². The van der Waals surface area contributed by atoms with E-state index < -0.39 is 113 Å². The highest BCUT2D eigenvalue weighted by Crippen LogP contribution is 2.58. The van der Waals surface area contributed by atoms with Crippen LogP contribution in [-0.4, -0.2) is 131 Å². The molecule has 0 spiro atoms. The number of benzene rings is 2. The fourth-order valence-electron chi connectivity index (χ4n) is 10.7. The minimum atomic E-state index is -1.60. The van der Waals surface area contributed by atoms with Gasteiger partial charge in [-0.25, -0.2) is 9.59 Å². The molecule has 17 heteroatoms. The lowest BCUT2D eigenvalue weighted by Gasteiger charge is -2.50. The monoisotopic (exact) mass is 1000 g/mol. The van der Waals surface area contributed by atoms with Crippen LogP contribution in [0.5, 0.6) is 0 Å². The molecule has 0 aromatic heterocycles. The summed E-state index contributed by atoms with van der Waals surface area (Å²) in [6, 6.07) is 13.2. The Balaban J connectivity index is 1.19. The molecule has 7 rings (SSSR count). The third-order valence-corrected chi connectivity index (χ3v) is 14.5. The fraction of sp³-hybridized carbons (Fsp3) is 0.636. The molecule has 4 saturated heterocycles. The molecular formula is C55H75N3O14. The van der Waals surface area contributed by atoms with Gasteiger partial charge in [0, 0.05) is 50.6 Å². The van der Waals surface area contributed by atoms with Gasteiger partial charge in [-0.15, -0.1) is 0 Å². The summed E-state index contributed by atoms with van der Waals surface area (Å²) in [6.07, 6.45) is 5.39. The molecule has 5 aliphatic rings. The summed E-state index contributed by atoms with van der Waals surface area (Å²) in [5.74, 6) is -4.46. The summed E-state index contributed by atoms with van der Waals surface area (Å²) in [5.41, 5.74) is -0.828. The summed E-state index contributed by atoms with van der Waals surface area (Å²) < 4.78 is 36.4. The quantitative estimate of drug-likeness (QED) is 0.0542. The second-order valence-electron chi connectivity index (χ2n) is 21.8. The van der Waals surface area contributed by atoms with Crippen LogP contribution in [0.15, 0.2) is 60.7 Å². The number of rotatable bonds is 23. The van der Waals surface area contributed by atoms with Gasteiger partial charge < -0.3 is 43.7 Å². The van der Waals surface area contributed by atoms with Crippen LogP contribution < -0.4 is 5.32 Å². The van der Waals surface area contributed by atoms with Crippen molar-refractivity contribution >= 4 is 41.8 Å². The molecule has 1 saturated carbocycles. The van der Waals surface area contributed by atoms with E-state index in [0.29, 0.717) is 24.0 Å². The Labute approximate surface area is 423 Å². The topological polar surface area (TPSA) is 206 Å². The molecule has 9 atom stereocenters. The standard InChI is InChI=1S/C55H75N3O14/c1-9-11-16-28-54(29-17-12-10-2)70-43-40-31-55(51(65)57(8)39(30-36-18-14-13-15-19-36)48(62)56-38(33-59)25-27-42(61)69-52(3,4)5)45(49(63)67-40)58(72-46(55)44(43)71-54)32-37-22-20-35(21-23-37)24-26-41(60)68-47-50(64)66-34-53(47,6)7/h13-15,18-24,26,38-40,43-47,59H,9-12,16-17,25,27-34H2,1-8H3,(H,56,62)/t38-,39+,40?,43-,44-,45-,46+,47-,55?/m0/s1. The van der Waals surface area contributed by atoms with Gasteiger partial charge in [-0.05, 0) is 62.8 Å². The summed E-state index contributed by atoms with van der Waals surface area (Å²) in [7, 11) is 1.55. The number of ether oxygens (including phenoxy) is 6. The Morgan fingerprint density at radius 2 is 1.58 bits per heavy atom. The number of likely N-dealkylation sites (N-methyl/N-ethyl adjacent to an activating group) is 1. The van der Waals surface area contributed by atoms with Crippen molar-refractivity contribution in [1.82, 2.24) is 15.3 Å². The van der Waals surface area contributed by atoms with E-state index in [4.69, 9.17) is 33.3 Å². The molecular weight excluding hydrogens is 927 g/mol. The number of aliphatic hydroxyl groups excluding tert-OH is 1. The number of aliphatic hydroxyl groups is 1. The van der Waals surface area contributed by atoms with E-state index in [2.05, 4.69) is 19.2 Å². The minimum Gasteiger partial charge on any atom is -0.462 e. The van der Waals surface area contributed by atoms with Gasteiger partial charge in [0.1, 0.15) is 48.1 Å². The van der Waals surface area contributed by atoms with E-state index in [-0.39, 0.29) is 38.8 Å². The van der Waals surface area contributed by atoms with Gasteiger partial charge in [-0.2, -0.15) is 5.06 Å². The first-order chi connectivity index (χ1) is 34.2. The molecule has 4 aliphatic heterocycles. The van der Waals surface area contributed by atoms with Crippen molar-refractivity contribution in [3.05, 3.63) is 77.4 Å². The molecule has 394 valence electrons. The van der Waals surface area contributed by atoms with Gasteiger partial charge in [0.15, 0.2) is 11.8 Å². The summed E-state index contributed by atoms with van der Waals surface area (Å²) in [4.78, 5) is 91.2. The number of unbranched alkanes of at least 4 members (excludes halogenated alkanes) is 4. The smallest absolute Gasteiger partial charge is 0.348 e. The molecule has 2 aromatic carbocycles. The largest absolute Gasteiger partial charge is 0.462 e. The van der Waals surface area contributed by atoms with E-state index in [1.165, 1.54) is 16.0 Å². The van der Waals surface area contributed by atoms with Crippen molar-refractivity contribution in [1.29, 1.82) is 0 Å². The van der Waals surface area contributed by atoms with Crippen LogP contribution in [-0.2, 0) is 75.0 Å². The van der Waals surface area contributed by atoms with E-state index in [1.807, 2.05) is 42.5 Å². The molecule has 72 heavy (non-hydrogen) atoms. The molecule has 17 nitrogen and oxygen atoms in total. The van der Waals surface area contributed by atoms with Gasteiger partial charge in [0.2, 0.25) is 17.9 Å². The highest BCUT2D eigenvalue weighted by molar-refractivity contribution is 5.96. The fourth-order valence-corrected chi connectivity index (χ4v) is 10.7. The molecule has 2 N–H and O–H groups in total. The molecule has 2 unspecified atom stereocenters. The number of hydroxylamine groups is 2. The zero-order valence-electron chi connectivity index (χ0n) is 43.2. The molecule has 2 bridgehead atoms. The van der Waals surface area contributed by atoms with E-state index >= 15 is 4.79 Å². The first kappa shape index (κ1) is 54.6. The number of cyclic esters (lactones) is 1. The average Bonchev–Trinajstić information content (AvgIpc) is 3.98. The lowest BCUT2D eigenvalue weighted by atomic mass is 9.62. The van der Waals surface area contributed by atoms with Crippen molar-refractivity contribution in [2.24, 2.45) is 10.8 Å². The zero-order valence-corrected chi connectivity index (χ0v) is 43.2. The number of carbonyl (C=O) groups is 6. The predicted octanol–water partition coefficient (Wildman–Crippen LogP) is 6.30. The summed E-state index contributed by atoms with van der Waals surface area (Å²) in [5, 5.41) is 14.8. The van der Waals surface area contributed by atoms with Crippen LogP contribution in [0.2, 0.25) is 0 Å². The van der Waals surface area contributed by atoms with Crippen molar-refractivity contribution < 1.29 is 67.1 Å². The Bertz CT molecular complexity index is 2270. The second-order valence-corrected chi connectivity index (χ2v) is 21.8. The number of nitrogens with zero attached hydrogens (tertiary/aromatic N) is 2. The number of hydrogen-bond donors (Lipinski definition) is 2. The highest BCUT2D eigenvalue weighted by Gasteiger charge is 2.77. The molecule has 2 aromatic rings. The van der Waals surface area contributed by atoms with Crippen LogP contribution in [0.25, 0.3) is 6.08 Å². The number of carbonyl (C=O) groups excluding carboxylic acids is 6. The maximum absolute atomic E-state index is 15.9. The van der Waals surface area contributed by atoms with Crippen LogP contribution in [0, 0.1) is 10.8 Å². The zero-order chi connectivity index (χ0) is 52.0. The minimum absolute atomic E-state index is 0.0443.